The monoisotopic (exact) mass is 385 g/mol. The highest BCUT2D eigenvalue weighted by atomic mass is 32.2. The first kappa shape index (κ1) is 18.6. The van der Waals surface area contributed by atoms with Crippen LogP contribution >= 0.6 is 11.8 Å². The Balaban J connectivity index is 1.50. The normalized spacial score (nSPS) is 20.3. The van der Waals surface area contributed by atoms with Crippen LogP contribution in [0.15, 0.2) is 29.3 Å². The fraction of sp³-hybridized carbons (Fsp3) is 0.438. The van der Waals surface area contributed by atoms with Gasteiger partial charge in [0.1, 0.15) is 11.0 Å². The molecule has 1 aromatic rings. The van der Waals surface area contributed by atoms with Gasteiger partial charge in [0.15, 0.2) is 5.17 Å². The minimum atomic E-state index is -2.90. The standard InChI is InChI=1S/C16H17F2N3O4S/c17-15(18)25-11-3-1-10(2-4-11)19-13(22)9-12-14(23)20-16(26-12)21-5-7-24-8-6-21/h1-4,12,15H,5-9H2,(H,19,22). The number of rotatable bonds is 5. The number of morpholine rings is 1. The first-order chi connectivity index (χ1) is 12.5. The maximum absolute atomic E-state index is 12.1. The van der Waals surface area contributed by atoms with Gasteiger partial charge in [0.2, 0.25) is 5.91 Å². The number of amides is 2. The molecule has 2 aliphatic rings. The minimum absolute atomic E-state index is 0.00285. The van der Waals surface area contributed by atoms with E-state index in [-0.39, 0.29) is 24.0 Å². The molecule has 0 bridgehead atoms. The largest absolute Gasteiger partial charge is 0.435 e. The SMILES string of the molecule is O=C(CC1SC(N2CCOCC2)=NC1=O)Nc1ccc(OC(F)F)cc1. The van der Waals surface area contributed by atoms with Crippen LogP contribution < -0.4 is 10.1 Å². The Morgan fingerprint density at radius 2 is 2.04 bits per heavy atom. The second-order valence-electron chi connectivity index (χ2n) is 5.59. The smallest absolute Gasteiger partial charge is 0.387 e. The van der Waals surface area contributed by atoms with E-state index in [1.165, 1.54) is 36.0 Å². The molecule has 1 atom stereocenters. The highest BCUT2D eigenvalue weighted by Gasteiger charge is 2.33. The number of thioether (sulfide) groups is 1. The molecule has 2 amide bonds. The van der Waals surface area contributed by atoms with E-state index in [1.807, 2.05) is 4.90 Å². The number of hydrogen-bond donors (Lipinski definition) is 1. The maximum Gasteiger partial charge on any atom is 0.387 e. The van der Waals surface area contributed by atoms with Crippen LogP contribution in [0.2, 0.25) is 0 Å². The quantitative estimate of drug-likeness (QED) is 0.835. The zero-order valence-electron chi connectivity index (χ0n) is 13.7. The molecule has 3 rings (SSSR count). The molecule has 0 aliphatic carbocycles. The second kappa shape index (κ2) is 8.45. The van der Waals surface area contributed by atoms with Crippen molar-refractivity contribution in [3.63, 3.8) is 0 Å². The number of anilines is 1. The summed E-state index contributed by atoms with van der Waals surface area (Å²) in [7, 11) is 0. The molecular weight excluding hydrogens is 368 g/mol. The van der Waals surface area contributed by atoms with E-state index in [1.54, 1.807) is 0 Å². The summed E-state index contributed by atoms with van der Waals surface area (Å²) in [4.78, 5) is 30.2. The molecule has 10 heteroatoms. The zero-order chi connectivity index (χ0) is 18.5. The number of ether oxygens (including phenoxy) is 2. The van der Waals surface area contributed by atoms with Crippen molar-refractivity contribution >= 4 is 34.4 Å². The molecule has 26 heavy (non-hydrogen) atoms. The van der Waals surface area contributed by atoms with Gasteiger partial charge in [0.25, 0.3) is 5.91 Å². The van der Waals surface area contributed by atoms with Gasteiger partial charge in [-0.3, -0.25) is 9.59 Å². The van der Waals surface area contributed by atoms with E-state index < -0.39 is 11.9 Å². The molecule has 0 aromatic heterocycles. The lowest BCUT2D eigenvalue weighted by molar-refractivity contribution is -0.121. The van der Waals surface area contributed by atoms with Crippen molar-refractivity contribution in [3.8, 4) is 5.75 Å². The molecule has 7 nitrogen and oxygen atoms in total. The fourth-order valence-corrected chi connectivity index (χ4v) is 3.62. The van der Waals surface area contributed by atoms with Crippen molar-refractivity contribution in [2.45, 2.75) is 18.3 Å². The average Bonchev–Trinajstić information content (AvgIpc) is 2.97. The van der Waals surface area contributed by atoms with E-state index >= 15 is 0 Å². The van der Waals surface area contributed by atoms with Gasteiger partial charge in [-0.25, -0.2) is 0 Å². The van der Waals surface area contributed by atoms with E-state index in [2.05, 4.69) is 15.0 Å². The van der Waals surface area contributed by atoms with Crippen LogP contribution in [0.5, 0.6) is 5.75 Å². The highest BCUT2D eigenvalue weighted by molar-refractivity contribution is 8.15. The third kappa shape index (κ3) is 4.92. The van der Waals surface area contributed by atoms with E-state index in [0.29, 0.717) is 37.2 Å². The van der Waals surface area contributed by atoms with Crippen molar-refractivity contribution in [1.82, 2.24) is 4.90 Å². The Morgan fingerprint density at radius 1 is 1.35 bits per heavy atom. The third-order valence-corrected chi connectivity index (χ3v) is 4.96. The number of nitrogens with zero attached hydrogens (tertiary/aromatic N) is 2. The Hall–Kier alpha value is -2.20. The summed E-state index contributed by atoms with van der Waals surface area (Å²) in [6.45, 7) is -0.383. The number of alkyl halides is 2. The zero-order valence-corrected chi connectivity index (χ0v) is 14.5. The van der Waals surface area contributed by atoms with Crippen LogP contribution in [0.4, 0.5) is 14.5 Å². The molecule has 2 heterocycles. The number of amidine groups is 1. The van der Waals surface area contributed by atoms with Crippen LogP contribution in [0, 0.1) is 0 Å². The summed E-state index contributed by atoms with van der Waals surface area (Å²) in [5.74, 6) is -0.674. The van der Waals surface area contributed by atoms with E-state index in [4.69, 9.17) is 4.74 Å². The molecular formula is C16H17F2N3O4S. The number of carbonyl (C=O) groups excluding carboxylic acids is 2. The van der Waals surface area contributed by atoms with Gasteiger partial charge in [0.05, 0.1) is 13.2 Å². The van der Waals surface area contributed by atoms with Crippen LogP contribution in [-0.2, 0) is 14.3 Å². The highest BCUT2D eigenvalue weighted by Crippen LogP contribution is 2.28. The molecule has 2 aliphatic heterocycles. The Bertz CT molecular complexity index is 693. The Kier molecular flexibility index (Phi) is 6.04. The molecule has 1 saturated heterocycles. The predicted molar refractivity (Wildman–Crippen MR) is 92.5 cm³/mol. The van der Waals surface area contributed by atoms with E-state index in [0.717, 1.165) is 0 Å². The van der Waals surface area contributed by atoms with Gasteiger partial charge in [-0.15, -0.1) is 0 Å². The van der Waals surface area contributed by atoms with Crippen LogP contribution in [0.25, 0.3) is 0 Å². The van der Waals surface area contributed by atoms with E-state index in [9.17, 15) is 18.4 Å². The molecule has 140 valence electrons. The molecule has 0 spiro atoms. The summed E-state index contributed by atoms with van der Waals surface area (Å²) in [5.41, 5.74) is 0.432. The lowest BCUT2D eigenvalue weighted by Crippen LogP contribution is -2.39. The van der Waals surface area contributed by atoms with Crippen molar-refractivity contribution in [3.05, 3.63) is 24.3 Å². The van der Waals surface area contributed by atoms with Gasteiger partial charge in [-0.2, -0.15) is 13.8 Å². The van der Waals surface area contributed by atoms with Crippen LogP contribution in [0.1, 0.15) is 6.42 Å². The summed E-state index contributed by atoms with van der Waals surface area (Å²) in [6.07, 6.45) is -0.0177. The lowest BCUT2D eigenvalue weighted by Gasteiger charge is -2.27. The minimum Gasteiger partial charge on any atom is -0.435 e. The Labute approximate surface area is 152 Å². The molecule has 1 unspecified atom stereocenters. The van der Waals surface area contributed by atoms with Crippen molar-refractivity contribution in [1.29, 1.82) is 0 Å². The number of nitrogens with one attached hydrogen (secondary N) is 1. The van der Waals surface area contributed by atoms with Crippen LogP contribution in [-0.4, -0.2) is 60.0 Å². The Morgan fingerprint density at radius 3 is 2.69 bits per heavy atom. The van der Waals surface area contributed by atoms with Crippen molar-refractivity contribution in [2.75, 3.05) is 31.6 Å². The van der Waals surface area contributed by atoms with Gasteiger partial charge in [-0.1, -0.05) is 11.8 Å². The molecule has 1 aromatic carbocycles. The summed E-state index contributed by atoms with van der Waals surface area (Å²) in [5, 5.41) is 2.70. The van der Waals surface area contributed by atoms with Gasteiger partial charge in [0, 0.05) is 25.2 Å². The second-order valence-corrected chi connectivity index (χ2v) is 6.76. The number of aliphatic imine (C=N–C) groups is 1. The topological polar surface area (TPSA) is 80.2 Å². The first-order valence-corrected chi connectivity index (χ1v) is 8.86. The molecule has 0 saturated carbocycles. The lowest BCUT2D eigenvalue weighted by atomic mass is 10.2. The third-order valence-electron chi connectivity index (χ3n) is 3.74. The van der Waals surface area contributed by atoms with Gasteiger partial charge in [-0.05, 0) is 24.3 Å². The summed E-state index contributed by atoms with van der Waals surface area (Å²) >= 11 is 1.28. The van der Waals surface area contributed by atoms with Crippen LogP contribution in [0.3, 0.4) is 0 Å². The molecule has 1 N–H and O–H groups in total. The first-order valence-electron chi connectivity index (χ1n) is 7.98. The fourth-order valence-electron chi connectivity index (χ4n) is 2.50. The number of benzene rings is 1. The number of halogens is 2. The van der Waals surface area contributed by atoms with Gasteiger partial charge < -0.3 is 19.7 Å². The number of hydrogen-bond acceptors (Lipinski definition) is 6. The van der Waals surface area contributed by atoms with Gasteiger partial charge >= 0.3 is 6.61 Å². The summed E-state index contributed by atoms with van der Waals surface area (Å²) in [6, 6.07) is 5.57. The number of carbonyl (C=O) groups is 2. The average molecular weight is 385 g/mol. The summed E-state index contributed by atoms with van der Waals surface area (Å²) < 4.78 is 33.7. The van der Waals surface area contributed by atoms with Crippen molar-refractivity contribution in [2.24, 2.45) is 4.99 Å². The van der Waals surface area contributed by atoms with Crippen molar-refractivity contribution < 1.29 is 27.8 Å². The molecule has 1 fully saturated rings. The predicted octanol–water partition coefficient (Wildman–Crippen LogP) is 1.95. The maximum atomic E-state index is 12.1. The molecule has 0 radical (unpaired) electrons.